The third-order valence-corrected chi connectivity index (χ3v) is 3.82. The number of allylic oxidation sites excluding steroid dienone is 9. The summed E-state index contributed by atoms with van der Waals surface area (Å²) in [5, 5.41) is 0. The van der Waals surface area contributed by atoms with Gasteiger partial charge in [-0.3, -0.25) is 4.79 Å². The normalized spacial score (nSPS) is 20.8. The lowest BCUT2D eigenvalue weighted by Crippen LogP contribution is -2.15. The average molecular weight is 308 g/mol. The van der Waals surface area contributed by atoms with E-state index in [0.29, 0.717) is 17.9 Å². The van der Waals surface area contributed by atoms with Gasteiger partial charge in [0.05, 0.1) is 6.61 Å². The molecule has 1 unspecified atom stereocenters. The van der Waals surface area contributed by atoms with E-state index in [9.17, 15) is 9.18 Å². The van der Waals surface area contributed by atoms with Crippen LogP contribution in [0.25, 0.3) is 0 Å². The zero-order chi connectivity index (χ0) is 16.2. The fourth-order valence-electron chi connectivity index (χ4n) is 2.71. The van der Waals surface area contributed by atoms with Gasteiger partial charge in [-0.05, 0) is 48.9 Å². The number of carbonyl (C=O) groups excluding carboxylic acids is 1. The van der Waals surface area contributed by atoms with Crippen molar-refractivity contribution in [1.82, 2.24) is 0 Å². The molecule has 0 fully saturated rings. The Hall–Kier alpha value is -2.68. The number of hydrogen-bond donors (Lipinski definition) is 0. The summed E-state index contributed by atoms with van der Waals surface area (Å²) in [5.74, 6) is 0.203. The predicted octanol–water partition coefficient (Wildman–Crippen LogP) is 4.54. The van der Waals surface area contributed by atoms with Crippen LogP contribution in [0.1, 0.15) is 17.3 Å². The molecule has 0 saturated heterocycles. The van der Waals surface area contributed by atoms with Gasteiger partial charge in [0.1, 0.15) is 11.6 Å². The molecule has 116 valence electrons. The van der Waals surface area contributed by atoms with Gasteiger partial charge in [-0.15, -0.1) is 0 Å². The van der Waals surface area contributed by atoms with Crippen molar-refractivity contribution in [2.45, 2.75) is 6.92 Å². The maximum Gasteiger partial charge on any atom is 0.186 e. The van der Waals surface area contributed by atoms with Crippen LogP contribution in [0.3, 0.4) is 0 Å². The van der Waals surface area contributed by atoms with Gasteiger partial charge >= 0.3 is 0 Å². The molecule has 0 radical (unpaired) electrons. The van der Waals surface area contributed by atoms with Crippen molar-refractivity contribution < 1.29 is 13.9 Å². The fraction of sp³-hybridized carbons (Fsp3) is 0.150. The quantitative estimate of drug-likeness (QED) is 0.603. The van der Waals surface area contributed by atoms with Crippen molar-refractivity contribution in [3.05, 3.63) is 95.1 Å². The van der Waals surface area contributed by atoms with Crippen molar-refractivity contribution >= 4 is 5.78 Å². The third kappa shape index (κ3) is 3.24. The molecule has 0 aromatic heterocycles. The molecule has 0 bridgehead atoms. The minimum atomic E-state index is -0.354. The molecule has 0 saturated carbocycles. The molecule has 3 rings (SSSR count). The van der Waals surface area contributed by atoms with E-state index >= 15 is 0 Å². The first kappa shape index (κ1) is 15.2. The van der Waals surface area contributed by atoms with Crippen molar-refractivity contribution in [2.24, 2.45) is 5.92 Å². The zero-order valence-corrected chi connectivity index (χ0v) is 12.8. The topological polar surface area (TPSA) is 26.3 Å². The highest BCUT2D eigenvalue weighted by Gasteiger charge is 2.24. The first-order chi connectivity index (χ1) is 11.2. The maximum absolute atomic E-state index is 13.0. The predicted molar refractivity (Wildman–Crippen MR) is 88.4 cm³/mol. The SMILES string of the molecule is CCOC1=CC=C2C=CC=CC2/C1=C\C(=O)c1ccc(F)cc1. The Labute approximate surface area is 135 Å². The molecule has 0 aliphatic heterocycles. The van der Waals surface area contributed by atoms with Crippen LogP contribution in [0.2, 0.25) is 0 Å². The number of rotatable bonds is 4. The molecule has 1 aromatic carbocycles. The Balaban J connectivity index is 1.97. The molecule has 3 heteroatoms. The van der Waals surface area contributed by atoms with E-state index in [2.05, 4.69) is 0 Å². The van der Waals surface area contributed by atoms with Crippen LogP contribution >= 0.6 is 0 Å². The first-order valence-corrected chi connectivity index (χ1v) is 7.60. The number of ketones is 1. The minimum absolute atomic E-state index is 0.0101. The fourth-order valence-corrected chi connectivity index (χ4v) is 2.71. The highest BCUT2D eigenvalue weighted by Crippen LogP contribution is 2.35. The molecule has 2 nitrogen and oxygen atoms in total. The molecule has 0 amide bonds. The standard InChI is InChI=1S/C20H17FO2/c1-2-23-20-12-9-14-5-3-4-6-17(14)18(20)13-19(22)15-7-10-16(21)11-8-15/h3-13,17H,2H2,1H3/b18-13+. The van der Waals surface area contributed by atoms with Gasteiger partial charge in [0.15, 0.2) is 5.78 Å². The minimum Gasteiger partial charge on any atom is -0.494 e. The van der Waals surface area contributed by atoms with Crippen LogP contribution in [-0.4, -0.2) is 12.4 Å². The lowest BCUT2D eigenvalue weighted by atomic mass is 9.82. The maximum atomic E-state index is 13.0. The zero-order valence-electron chi connectivity index (χ0n) is 12.8. The summed E-state index contributed by atoms with van der Waals surface area (Å²) in [6.07, 6.45) is 13.5. The third-order valence-electron chi connectivity index (χ3n) is 3.82. The molecule has 0 heterocycles. The summed E-state index contributed by atoms with van der Waals surface area (Å²) in [6.45, 7) is 2.44. The van der Waals surface area contributed by atoms with Crippen LogP contribution in [0, 0.1) is 11.7 Å². The smallest absolute Gasteiger partial charge is 0.186 e. The van der Waals surface area contributed by atoms with Crippen LogP contribution in [0.5, 0.6) is 0 Å². The average Bonchev–Trinajstić information content (AvgIpc) is 2.57. The lowest BCUT2D eigenvalue weighted by Gasteiger charge is -2.25. The van der Waals surface area contributed by atoms with E-state index in [1.54, 1.807) is 6.08 Å². The number of carbonyl (C=O) groups is 1. The number of ether oxygens (including phenoxy) is 1. The Morgan fingerprint density at radius 2 is 2.00 bits per heavy atom. The van der Waals surface area contributed by atoms with Gasteiger partial charge in [0, 0.05) is 17.1 Å². The molecular weight excluding hydrogens is 291 g/mol. The Bertz CT molecular complexity index is 761. The highest BCUT2D eigenvalue weighted by molar-refractivity contribution is 6.05. The molecule has 2 aliphatic rings. The van der Waals surface area contributed by atoms with Gasteiger partial charge < -0.3 is 4.74 Å². The number of halogens is 1. The van der Waals surface area contributed by atoms with E-state index in [-0.39, 0.29) is 17.5 Å². The van der Waals surface area contributed by atoms with E-state index in [0.717, 1.165) is 11.1 Å². The van der Waals surface area contributed by atoms with Gasteiger partial charge in [-0.25, -0.2) is 4.39 Å². The van der Waals surface area contributed by atoms with E-state index < -0.39 is 0 Å². The molecule has 1 atom stereocenters. The number of benzene rings is 1. The monoisotopic (exact) mass is 308 g/mol. The van der Waals surface area contributed by atoms with Gasteiger partial charge in [-0.1, -0.05) is 30.4 Å². The van der Waals surface area contributed by atoms with Crippen LogP contribution < -0.4 is 0 Å². The number of hydrogen-bond acceptors (Lipinski definition) is 2. The van der Waals surface area contributed by atoms with Gasteiger partial charge in [0.2, 0.25) is 0 Å². The Kier molecular flexibility index (Phi) is 4.38. The first-order valence-electron chi connectivity index (χ1n) is 7.60. The van der Waals surface area contributed by atoms with Crippen molar-refractivity contribution in [3.63, 3.8) is 0 Å². The number of fused-ring (bicyclic) bond motifs is 1. The molecular formula is C20H17FO2. The molecule has 1 aromatic rings. The Morgan fingerprint density at radius 1 is 1.22 bits per heavy atom. The molecule has 0 N–H and O–H groups in total. The molecule has 2 aliphatic carbocycles. The summed E-state index contributed by atoms with van der Waals surface area (Å²) in [5.41, 5.74) is 2.41. The second kappa shape index (κ2) is 6.61. The van der Waals surface area contributed by atoms with Crippen molar-refractivity contribution in [2.75, 3.05) is 6.61 Å². The van der Waals surface area contributed by atoms with E-state index in [1.807, 2.05) is 43.4 Å². The summed E-state index contributed by atoms with van der Waals surface area (Å²) in [7, 11) is 0. The summed E-state index contributed by atoms with van der Waals surface area (Å²) >= 11 is 0. The molecule has 23 heavy (non-hydrogen) atoms. The lowest BCUT2D eigenvalue weighted by molar-refractivity contribution is 0.104. The van der Waals surface area contributed by atoms with Crippen LogP contribution in [0.15, 0.2) is 83.7 Å². The molecule has 0 spiro atoms. The van der Waals surface area contributed by atoms with Crippen LogP contribution in [0.4, 0.5) is 4.39 Å². The van der Waals surface area contributed by atoms with Crippen molar-refractivity contribution in [1.29, 1.82) is 0 Å². The second-order valence-corrected chi connectivity index (χ2v) is 5.32. The van der Waals surface area contributed by atoms with E-state index in [1.165, 1.54) is 24.3 Å². The Morgan fingerprint density at radius 3 is 2.74 bits per heavy atom. The summed E-state index contributed by atoms with van der Waals surface area (Å²) < 4.78 is 18.7. The van der Waals surface area contributed by atoms with Gasteiger partial charge in [-0.2, -0.15) is 0 Å². The van der Waals surface area contributed by atoms with Crippen LogP contribution in [-0.2, 0) is 4.74 Å². The largest absolute Gasteiger partial charge is 0.494 e. The highest BCUT2D eigenvalue weighted by atomic mass is 19.1. The van der Waals surface area contributed by atoms with E-state index in [4.69, 9.17) is 4.74 Å². The van der Waals surface area contributed by atoms with Crippen molar-refractivity contribution in [3.8, 4) is 0 Å². The van der Waals surface area contributed by atoms with Gasteiger partial charge in [0.25, 0.3) is 0 Å². The summed E-state index contributed by atoms with van der Waals surface area (Å²) in [4.78, 5) is 12.5. The second-order valence-electron chi connectivity index (χ2n) is 5.32. The summed E-state index contributed by atoms with van der Waals surface area (Å²) in [6, 6.07) is 5.57.